The Balaban J connectivity index is 1.11. The average Bonchev–Trinajstić information content (AvgIpc) is 3.60. The Kier molecular flexibility index (Phi) is 6.87. The first kappa shape index (κ1) is 24.9. The van der Waals surface area contributed by atoms with Gasteiger partial charge >= 0.3 is 0 Å². The minimum Gasteiger partial charge on any atom is -0.384 e. The van der Waals surface area contributed by atoms with E-state index in [1.807, 2.05) is 0 Å². The van der Waals surface area contributed by atoms with Gasteiger partial charge in [-0.2, -0.15) is 0 Å². The molecule has 1 atom stereocenters. The van der Waals surface area contributed by atoms with Crippen molar-refractivity contribution in [2.45, 2.75) is 52.0 Å². The summed E-state index contributed by atoms with van der Waals surface area (Å²) in [6, 6.07) is 4.23. The molecule has 5 rings (SSSR count). The molecule has 0 radical (unpaired) electrons. The average molecular weight is 496 g/mol. The Morgan fingerprint density at radius 3 is 2.42 bits per heavy atom. The number of fused-ring (bicyclic) bond motifs is 1. The van der Waals surface area contributed by atoms with Crippen molar-refractivity contribution in [2.75, 3.05) is 51.1 Å². The van der Waals surface area contributed by atoms with E-state index in [1.54, 1.807) is 18.2 Å². The summed E-state index contributed by atoms with van der Waals surface area (Å²) in [5, 5.41) is 5.58. The van der Waals surface area contributed by atoms with Crippen LogP contribution in [-0.4, -0.2) is 90.2 Å². The minimum absolute atomic E-state index is 0.113. The van der Waals surface area contributed by atoms with Gasteiger partial charge in [0.05, 0.1) is 11.1 Å². The summed E-state index contributed by atoms with van der Waals surface area (Å²) in [5.74, 6) is -1.15. The van der Waals surface area contributed by atoms with Crippen LogP contribution in [0.2, 0.25) is 0 Å². The second-order valence-electron chi connectivity index (χ2n) is 11.1. The van der Waals surface area contributed by atoms with Crippen molar-refractivity contribution in [2.24, 2.45) is 11.3 Å². The molecule has 2 N–H and O–H groups in total. The van der Waals surface area contributed by atoms with E-state index in [2.05, 4.69) is 34.3 Å². The van der Waals surface area contributed by atoms with Crippen LogP contribution in [0, 0.1) is 11.3 Å². The van der Waals surface area contributed by atoms with Gasteiger partial charge in [-0.15, -0.1) is 0 Å². The van der Waals surface area contributed by atoms with Crippen LogP contribution in [0.15, 0.2) is 18.2 Å². The second kappa shape index (κ2) is 9.94. The van der Waals surface area contributed by atoms with Crippen molar-refractivity contribution in [1.82, 2.24) is 20.0 Å². The van der Waals surface area contributed by atoms with E-state index in [9.17, 15) is 19.2 Å². The molecule has 1 unspecified atom stereocenters. The molecule has 36 heavy (non-hydrogen) atoms. The standard InChI is InChI=1S/C27H37N5O4/c1-18(2)27(9-10-27)17-31-15-13-30(14-16-31)12-4-11-28-20-6-3-5-19-23(20)26(36)32(25(19)35)21-7-8-22(33)29-24(21)34/h3,5-6,18,21,28H,4,7-17H2,1-2H3,(H,29,33,34). The van der Waals surface area contributed by atoms with E-state index >= 15 is 0 Å². The number of rotatable bonds is 9. The highest BCUT2D eigenvalue weighted by Gasteiger charge is 2.47. The number of carbonyl (C=O) groups excluding carboxylic acids is 4. The van der Waals surface area contributed by atoms with Crippen LogP contribution in [0.3, 0.4) is 0 Å². The summed E-state index contributed by atoms with van der Waals surface area (Å²) < 4.78 is 0. The van der Waals surface area contributed by atoms with Crippen LogP contribution < -0.4 is 10.6 Å². The smallest absolute Gasteiger partial charge is 0.264 e. The number of anilines is 1. The van der Waals surface area contributed by atoms with Gasteiger partial charge in [0.25, 0.3) is 11.8 Å². The lowest BCUT2D eigenvalue weighted by Crippen LogP contribution is -2.54. The van der Waals surface area contributed by atoms with Gasteiger partial charge in [-0.25, -0.2) is 0 Å². The quantitative estimate of drug-likeness (QED) is 0.399. The number of piperidine rings is 1. The molecule has 1 aromatic carbocycles. The molecule has 1 saturated carbocycles. The fourth-order valence-corrected chi connectivity index (χ4v) is 5.88. The van der Waals surface area contributed by atoms with Gasteiger partial charge in [0, 0.05) is 51.4 Å². The molecule has 3 heterocycles. The van der Waals surface area contributed by atoms with Gasteiger partial charge in [0.15, 0.2) is 0 Å². The molecule has 9 nitrogen and oxygen atoms in total. The molecular formula is C27H37N5O4. The number of imide groups is 2. The van der Waals surface area contributed by atoms with Gasteiger partial charge in [-0.05, 0) is 55.7 Å². The highest BCUT2D eigenvalue weighted by atomic mass is 16.2. The second-order valence-corrected chi connectivity index (χ2v) is 11.1. The first-order chi connectivity index (χ1) is 17.3. The van der Waals surface area contributed by atoms with Crippen molar-refractivity contribution in [3.05, 3.63) is 29.3 Å². The van der Waals surface area contributed by atoms with Crippen LogP contribution >= 0.6 is 0 Å². The van der Waals surface area contributed by atoms with Gasteiger partial charge < -0.3 is 15.1 Å². The summed E-state index contributed by atoms with van der Waals surface area (Å²) in [5.41, 5.74) is 1.81. The number of piperazine rings is 1. The zero-order valence-corrected chi connectivity index (χ0v) is 21.3. The molecule has 1 aromatic rings. The lowest BCUT2D eigenvalue weighted by Gasteiger charge is -2.37. The highest BCUT2D eigenvalue weighted by Crippen LogP contribution is 2.52. The third-order valence-corrected chi connectivity index (χ3v) is 8.56. The summed E-state index contributed by atoms with van der Waals surface area (Å²) in [7, 11) is 0. The molecule has 1 aliphatic carbocycles. The summed E-state index contributed by atoms with van der Waals surface area (Å²) in [6.07, 6.45) is 3.95. The number of nitrogens with zero attached hydrogens (tertiary/aromatic N) is 3. The topological polar surface area (TPSA) is 102 Å². The number of hydrogen-bond donors (Lipinski definition) is 2. The third-order valence-electron chi connectivity index (χ3n) is 8.56. The number of amides is 4. The first-order valence-corrected chi connectivity index (χ1v) is 13.3. The lowest BCUT2D eigenvalue weighted by molar-refractivity contribution is -0.136. The molecule has 3 fully saturated rings. The van der Waals surface area contributed by atoms with Gasteiger partial charge in [-0.3, -0.25) is 29.4 Å². The molecule has 2 saturated heterocycles. The molecule has 0 aromatic heterocycles. The maximum Gasteiger partial charge on any atom is 0.264 e. The van der Waals surface area contributed by atoms with Crippen LogP contribution in [0.4, 0.5) is 5.69 Å². The molecule has 0 bridgehead atoms. The van der Waals surface area contributed by atoms with Crippen LogP contribution in [0.5, 0.6) is 0 Å². The fraction of sp³-hybridized carbons (Fsp3) is 0.630. The number of nitrogens with one attached hydrogen (secondary N) is 2. The minimum atomic E-state index is -0.947. The van der Waals surface area contributed by atoms with Crippen LogP contribution in [0.1, 0.15) is 66.7 Å². The maximum atomic E-state index is 13.2. The monoisotopic (exact) mass is 495 g/mol. The SMILES string of the molecule is CC(C)C1(CN2CCN(CCCNc3cccc4c3C(=O)N(C3CCC(=O)NC3=O)C4=O)CC2)CC1. The zero-order valence-electron chi connectivity index (χ0n) is 21.3. The predicted molar refractivity (Wildman–Crippen MR) is 136 cm³/mol. The normalized spacial score (nSPS) is 24.3. The van der Waals surface area contributed by atoms with Gasteiger partial charge in [-0.1, -0.05) is 19.9 Å². The van der Waals surface area contributed by atoms with Gasteiger partial charge in [0.2, 0.25) is 11.8 Å². The molecule has 194 valence electrons. The highest BCUT2D eigenvalue weighted by molar-refractivity contribution is 6.25. The zero-order chi connectivity index (χ0) is 25.4. The van der Waals surface area contributed by atoms with Crippen LogP contribution in [-0.2, 0) is 9.59 Å². The molecule has 4 aliphatic rings. The Bertz CT molecular complexity index is 1060. The van der Waals surface area contributed by atoms with E-state index in [4.69, 9.17) is 0 Å². The molecule has 0 spiro atoms. The van der Waals surface area contributed by atoms with E-state index in [1.165, 1.54) is 19.4 Å². The first-order valence-electron chi connectivity index (χ1n) is 13.3. The van der Waals surface area contributed by atoms with Crippen molar-refractivity contribution in [3.63, 3.8) is 0 Å². The molecular weight excluding hydrogens is 458 g/mol. The Morgan fingerprint density at radius 2 is 1.75 bits per heavy atom. The maximum absolute atomic E-state index is 13.2. The third kappa shape index (κ3) is 4.78. The summed E-state index contributed by atoms with van der Waals surface area (Å²) in [4.78, 5) is 56.1. The van der Waals surface area contributed by atoms with Gasteiger partial charge in [0.1, 0.15) is 6.04 Å². The Morgan fingerprint density at radius 1 is 1.03 bits per heavy atom. The van der Waals surface area contributed by atoms with E-state index in [0.717, 1.165) is 50.0 Å². The lowest BCUT2D eigenvalue weighted by atomic mass is 9.91. The number of benzene rings is 1. The van der Waals surface area contributed by atoms with Crippen molar-refractivity contribution >= 4 is 29.3 Å². The molecule has 4 amide bonds. The van der Waals surface area contributed by atoms with E-state index < -0.39 is 23.8 Å². The van der Waals surface area contributed by atoms with Crippen molar-refractivity contribution in [1.29, 1.82) is 0 Å². The number of hydrogen-bond acceptors (Lipinski definition) is 7. The van der Waals surface area contributed by atoms with Crippen LogP contribution in [0.25, 0.3) is 0 Å². The molecule has 9 heteroatoms. The Hall–Kier alpha value is -2.78. The fourth-order valence-electron chi connectivity index (χ4n) is 5.88. The number of carbonyl (C=O) groups is 4. The summed E-state index contributed by atoms with van der Waals surface area (Å²) in [6.45, 7) is 12.0. The van der Waals surface area contributed by atoms with E-state index in [0.29, 0.717) is 28.8 Å². The van der Waals surface area contributed by atoms with E-state index in [-0.39, 0.29) is 18.7 Å². The summed E-state index contributed by atoms with van der Waals surface area (Å²) >= 11 is 0. The Labute approximate surface area is 212 Å². The van der Waals surface area contributed by atoms with Crippen molar-refractivity contribution < 1.29 is 19.2 Å². The predicted octanol–water partition coefficient (Wildman–Crippen LogP) is 1.94. The van der Waals surface area contributed by atoms with Crippen molar-refractivity contribution in [3.8, 4) is 0 Å². The largest absolute Gasteiger partial charge is 0.384 e. The molecule has 3 aliphatic heterocycles.